The van der Waals surface area contributed by atoms with E-state index in [0.29, 0.717) is 11.8 Å². The number of benzene rings is 1. The molecule has 0 unspecified atom stereocenters. The predicted molar refractivity (Wildman–Crippen MR) is 88.3 cm³/mol. The number of nitrogens with one attached hydrogen (secondary N) is 1. The van der Waals surface area contributed by atoms with Gasteiger partial charge < -0.3 is 14.6 Å². The molecule has 1 aliphatic heterocycles. The molecule has 1 aromatic carbocycles. The number of nitrogens with zero attached hydrogens (tertiary/aromatic N) is 4. The topological polar surface area (TPSA) is 67.1 Å². The third kappa shape index (κ3) is 2.63. The lowest BCUT2D eigenvalue weighted by molar-refractivity contribution is 0.558. The summed E-state index contributed by atoms with van der Waals surface area (Å²) in [5.41, 5.74) is 3.91. The van der Waals surface area contributed by atoms with Crippen LogP contribution in [0, 0.1) is 6.92 Å². The van der Waals surface area contributed by atoms with Crippen molar-refractivity contribution in [1.82, 2.24) is 15.0 Å². The van der Waals surface area contributed by atoms with Gasteiger partial charge in [0.05, 0.1) is 0 Å². The highest BCUT2D eigenvalue weighted by atomic mass is 16.3. The molecule has 0 spiro atoms. The van der Waals surface area contributed by atoms with E-state index in [-0.39, 0.29) is 0 Å². The zero-order chi connectivity index (χ0) is 15.6. The van der Waals surface area contributed by atoms with Crippen LogP contribution in [0.2, 0.25) is 0 Å². The zero-order valence-corrected chi connectivity index (χ0v) is 12.9. The maximum Gasteiger partial charge on any atom is 0.230 e. The largest absolute Gasteiger partial charge is 0.449 e. The Balaban J connectivity index is 1.69. The molecule has 1 aliphatic rings. The van der Waals surface area contributed by atoms with Crippen LogP contribution in [-0.2, 0) is 6.42 Å². The summed E-state index contributed by atoms with van der Waals surface area (Å²) in [6.45, 7) is 3.10. The zero-order valence-electron chi connectivity index (χ0n) is 12.9. The summed E-state index contributed by atoms with van der Waals surface area (Å²) in [5, 5.41) is 3.05. The first-order valence-electron chi connectivity index (χ1n) is 7.65. The minimum Gasteiger partial charge on any atom is -0.449 e. The molecule has 23 heavy (non-hydrogen) atoms. The van der Waals surface area contributed by atoms with Crippen LogP contribution in [0.3, 0.4) is 0 Å². The predicted octanol–water partition coefficient (Wildman–Crippen LogP) is 3.60. The van der Waals surface area contributed by atoms with Gasteiger partial charge in [-0.15, -0.1) is 0 Å². The standard InChI is InChI=1S/C17H17N5O/c1-12-4-2-5-13-6-3-9-22(16(12)13)15-7-8-18-17(21-15)20-14-10-23-11-19-14/h2,4-5,7-8,10-11H,3,6,9H2,1H3,(H,18,20,21). The van der Waals surface area contributed by atoms with E-state index >= 15 is 0 Å². The maximum absolute atomic E-state index is 4.96. The molecule has 2 aromatic heterocycles. The van der Waals surface area contributed by atoms with Crippen LogP contribution < -0.4 is 10.2 Å². The molecule has 0 saturated carbocycles. The van der Waals surface area contributed by atoms with Crippen LogP contribution in [0.4, 0.5) is 23.3 Å². The van der Waals surface area contributed by atoms with Crippen molar-refractivity contribution in [3.8, 4) is 0 Å². The molecule has 0 radical (unpaired) electrons. The van der Waals surface area contributed by atoms with E-state index in [9.17, 15) is 0 Å². The highest BCUT2D eigenvalue weighted by molar-refractivity contribution is 5.69. The Labute approximate surface area is 134 Å². The second-order valence-electron chi connectivity index (χ2n) is 5.57. The number of aryl methyl sites for hydroxylation is 2. The van der Waals surface area contributed by atoms with Crippen LogP contribution in [0.25, 0.3) is 0 Å². The van der Waals surface area contributed by atoms with Crippen molar-refractivity contribution in [2.45, 2.75) is 19.8 Å². The number of anilines is 4. The van der Waals surface area contributed by atoms with Crippen LogP contribution in [0.1, 0.15) is 17.5 Å². The summed E-state index contributed by atoms with van der Waals surface area (Å²) < 4.78 is 4.96. The molecule has 4 rings (SSSR count). The Morgan fingerprint density at radius 1 is 1.22 bits per heavy atom. The fraction of sp³-hybridized carbons (Fsp3) is 0.235. The van der Waals surface area contributed by atoms with Gasteiger partial charge in [-0.1, -0.05) is 18.2 Å². The monoisotopic (exact) mass is 307 g/mol. The molecule has 6 heteroatoms. The summed E-state index contributed by atoms with van der Waals surface area (Å²) in [6, 6.07) is 8.40. The maximum atomic E-state index is 4.96. The van der Waals surface area contributed by atoms with E-state index in [4.69, 9.17) is 4.42 Å². The van der Waals surface area contributed by atoms with Gasteiger partial charge in [-0.25, -0.2) is 4.98 Å². The fourth-order valence-electron chi connectivity index (χ4n) is 3.02. The second kappa shape index (κ2) is 5.72. The third-order valence-electron chi connectivity index (χ3n) is 4.01. The van der Waals surface area contributed by atoms with Gasteiger partial charge >= 0.3 is 0 Å². The molecule has 0 bridgehead atoms. The highest BCUT2D eigenvalue weighted by Gasteiger charge is 2.21. The van der Waals surface area contributed by atoms with Crippen molar-refractivity contribution in [2.24, 2.45) is 0 Å². The van der Waals surface area contributed by atoms with E-state index in [1.54, 1.807) is 6.20 Å². The summed E-state index contributed by atoms with van der Waals surface area (Å²) >= 11 is 0. The third-order valence-corrected chi connectivity index (χ3v) is 4.01. The van der Waals surface area contributed by atoms with Crippen molar-refractivity contribution in [2.75, 3.05) is 16.8 Å². The summed E-state index contributed by atoms with van der Waals surface area (Å²) in [4.78, 5) is 15.2. The van der Waals surface area contributed by atoms with Gasteiger partial charge in [-0.2, -0.15) is 9.97 Å². The average molecular weight is 307 g/mol. The fourth-order valence-corrected chi connectivity index (χ4v) is 3.02. The number of fused-ring (bicyclic) bond motifs is 1. The Kier molecular flexibility index (Phi) is 3.42. The van der Waals surface area contributed by atoms with E-state index < -0.39 is 0 Å². The SMILES string of the molecule is Cc1cccc2c1N(c1ccnc(Nc3cocn3)n1)CCC2. The lowest BCUT2D eigenvalue weighted by Crippen LogP contribution is -2.26. The number of para-hydroxylation sites is 1. The average Bonchev–Trinajstić information content (AvgIpc) is 3.08. The molecule has 0 fully saturated rings. The minimum absolute atomic E-state index is 0.511. The summed E-state index contributed by atoms with van der Waals surface area (Å²) in [5.74, 6) is 2.00. The van der Waals surface area contributed by atoms with Gasteiger partial charge in [-0.3, -0.25) is 0 Å². The molecular formula is C17H17N5O. The van der Waals surface area contributed by atoms with Crippen molar-refractivity contribution in [3.05, 3.63) is 54.2 Å². The first kappa shape index (κ1) is 13.8. The number of hydrogen-bond acceptors (Lipinski definition) is 6. The van der Waals surface area contributed by atoms with Crippen molar-refractivity contribution < 1.29 is 4.42 Å². The van der Waals surface area contributed by atoms with Gasteiger partial charge in [0.25, 0.3) is 0 Å². The van der Waals surface area contributed by atoms with Crippen molar-refractivity contribution in [3.63, 3.8) is 0 Å². The molecule has 0 aliphatic carbocycles. The normalized spacial score (nSPS) is 13.7. The Morgan fingerprint density at radius 2 is 2.17 bits per heavy atom. The van der Waals surface area contributed by atoms with Gasteiger partial charge in [0, 0.05) is 18.4 Å². The van der Waals surface area contributed by atoms with E-state index in [1.165, 1.54) is 29.5 Å². The molecule has 116 valence electrons. The van der Waals surface area contributed by atoms with Crippen molar-refractivity contribution in [1.29, 1.82) is 0 Å². The van der Waals surface area contributed by atoms with E-state index in [0.717, 1.165) is 25.2 Å². The van der Waals surface area contributed by atoms with E-state index in [2.05, 4.69) is 50.3 Å². The van der Waals surface area contributed by atoms with Gasteiger partial charge in [-0.05, 0) is 37.0 Å². The molecule has 6 nitrogen and oxygen atoms in total. The van der Waals surface area contributed by atoms with Crippen LogP contribution in [0.15, 0.2) is 47.5 Å². The number of rotatable bonds is 3. The number of aromatic nitrogens is 3. The lowest BCUT2D eigenvalue weighted by Gasteiger charge is -2.32. The lowest BCUT2D eigenvalue weighted by atomic mass is 9.98. The quantitative estimate of drug-likeness (QED) is 0.797. The summed E-state index contributed by atoms with van der Waals surface area (Å²) in [6.07, 6.45) is 6.89. The van der Waals surface area contributed by atoms with Gasteiger partial charge in [0.2, 0.25) is 5.95 Å². The first-order chi connectivity index (χ1) is 11.3. The molecule has 3 aromatic rings. The molecule has 0 atom stereocenters. The van der Waals surface area contributed by atoms with E-state index in [1.807, 2.05) is 6.07 Å². The smallest absolute Gasteiger partial charge is 0.230 e. The molecule has 3 heterocycles. The second-order valence-corrected chi connectivity index (χ2v) is 5.57. The Bertz CT molecular complexity index is 816. The van der Waals surface area contributed by atoms with Gasteiger partial charge in [0.1, 0.15) is 12.1 Å². The molecule has 0 saturated heterocycles. The van der Waals surface area contributed by atoms with Crippen molar-refractivity contribution >= 4 is 23.3 Å². The Morgan fingerprint density at radius 3 is 3.04 bits per heavy atom. The molecule has 0 amide bonds. The van der Waals surface area contributed by atoms with Crippen LogP contribution in [0.5, 0.6) is 0 Å². The molecular weight excluding hydrogens is 290 g/mol. The minimum atomic E-state index is 0.511. The highest BCUT2D eigenvalue weighted by Crippen LogP contribution is 2.35. The summed E-state index contributed by atoms with van der Waals surface area (Å²) in [7, 11) is 0. The van der Waals surface area contributed by atoms with Gasteiger partial charge in [0.15, 0.2) is 12.2 Å². The number of oxazole rings is 1. The molecule has 1 N–H and O–H groups in total. The van der Waals surface area contributed by atoms with Crippen LogP contribution in [-0.4, -0.2) is 21.5 Å². The van der Waals surface area contributed by atoms with Crippen LogP contribution >= 0.6 is 0 Å². The Hall–Kier alpha value is -2.89. The first-order valence-corrected chi connectivity index (χ1v) is 7.65. The number of hydrogen-bond donors (Lipinski definition) is 1.